The second-order valence-corrected chi connectivity index (χ2v) is 7.47. The number of aromatic nitrogens is 2. The zero-order valence-electron chi connectivity index (χ0n) is 17.9. The van der Waals surface area contributed by atoms with E-state index in [4.69, 9.17) is 15.6 Å². The Morgan fingerprint density at radius 2 is 1.97 bits per heavy atom. The van der Waals surface area contributed by atoms with E-state index in [-0.39, 0.29) is 45.2 Å². The first-order valence-electron chi connectivity index (χ1n) is 10.3. The Bertz CT molecular complexity index is 1430. The minimum atomic E-state index is -0.728. The maximum absolute atomic E-state index is 14.5. The summed E-state index contributed by atoms with van der Waals surface area (Å²) in [5, 5.41) is 11.1. The van der Waals surface area contributed by atoms with Gasteiger partial charge in [0, 0.05) is 5.71 Å². The number of halogens is 2. The SMILES string of the molecule is CCC(=N)c1c(N)ncnc1NC(C)c1oc2cccc(F)c2c(=O)c1-c1cccc(F)c1. The van der Waals surface area contributed by atoms with Crippen molar-refractivity contribution in [1.29, 1.82) is 5.41 Å². The molecule has 0 radical (unpaired) electrons. The van der Waals surface area contributed by atoms with Gasteiger partial charge in [0.15, 0.2) is 0 Å². The predicted molar refractivity (Wildman–Crippen MR) is 123 cm³/mol. The van der Waals surface area contributed by atoms with Crippen LogP contribution in [0.25, 0.3) is 22.1 Å². The molecule has 168 valence electrons. The first-order chi connectivity index (χ1) is 15.8. The van der Waals surface area contributed by atoms with Crippen LogP contribution in [0.5, 0.6) is 0 Å². The second-order valence-electron chi connectivity index (χ2n) is 7.47. The number of nitrogens with two attached hydrogens (primary N) is 1. The molecule has 4 N–H and O–H groups in total. The van der Waals surface area contributed by atoms with Crippen molar-refractivity contribution in [3.63, 3.8) is 0 Å². The van der Waals surface area contributed by atoms with E-state index in [2.05, 4.69) is 15.3 Å². The molecule has 2 aromatic carbocycles. The number of fused-ring (bicyclic) bond motifs is 1. The van der Waals surface area contributed by atoms with Crippen LogP contribution in [0.15, 0.2) is 58.0 Å². The number of hydrogen-bond donors (Lipinski definition) is 3. The molecule has 4 rings (SSSR count). The molecule has 1 unspecified atom stereocenters. The van der Waals surface area contributed by atoms with Gasteiger partial charge in [-0.2, -0.15) is 0 Å². The fourth-order valence-corrected chi connectivity index (χ4v) is 3.69. The number of nitrogens with zero attached hydrogens (tertiary/aromatic N) is 2. The van der Waals surface area contributed by atoms with E-state index in [0.29, 0.717) is 12.0 Å². The first-order valence-corrected chi connectivity index (χ1v) is 10.3. The molecule has 0 amide bonds. The second kappa shape index (κ2) is 8.78. The molecule has 0 bridgehead atoms. The van der Waals surface area contributed by atoms with Crippen molar-refractivity contribution >= 4 is 28.3 Å². The number of anilines is 2. The standard InChI is InChI=1S/C24H21F2N5O2/c1-3-16(27)20-23(28)29-11-30-24(20)31-12(2)22-18(13-6-4-7-14(25)10-13)21(32)19-15(26)8-5-9-17(19)33-22/h4-12,27H,3H2,1-2H3,(H3,28,29,30,31). The molecule has 0 aliphatic heterocycles. The number of nitrogen functional groups attached to an aromatic ring is 1. The summed E-state index contributed by atoms with van der Waals surface area (Å²) in [5.74, 6) is -0.689. The molecule has 0 saturated carbocycles. The lowest BCUT2D eigenvalue weighted by atomic mass is 9.98. The lowest BCUT2D eigenvalue weighted by molar-refractivity contribution is 0.512. The van der Waals surface area contributed by atoms with E-state index >= 15 is 0 Å². The Morgan fingerprint density at radius 1 is 1.21 bits per heavy atom. The van der Waals surface area contributed by atoms with Crippen molar-refractivity contribution in [1.82, 2.24) is 9.97 Å². The van der Waals surface area contributed by atoms with Crippen LogP contribution in [0.4, 0.5) is 20.4 Å². The van der Waals surface area contributed by atoms with Crippen LogP contribution in [0.3, 0.4) is 0 Å². The van der Waals surface area contributed by atoms with Crippen LogP contribution in [-0.2, 0) is 0 Å². The molecular formula is C24H21F2N5O2. The van der Waals surface area contributed by atoms with E-state index in [0.717, 1.165) is 0 Å². The normalized spacial score (nSPS) is 12.0. The highest BCUT2D eigenvalue weighted by Gasteiger charge is 2.24. The van der Waals surface area contributed by atoms with E-state index < -0.39 is 23.1 Å². The fourth-order valence-electron chi connectivity index (χ4n) is 3.69. The highest BCUT2D eigenvalue weighted by Crippen LogP contribution is 2.32. The Balaban J connectivity index is 1.93. The van der Waals surface area contributed by atoms with Gasteiger partial charge in [-0.15, -0.1) is 0 Å². The largest absolute Gasteiger partial charge is 0.458 e. The molecule has 2 aromatic heterocycles. The Morgan fingerprint density at radius 3 is 2.70 bits per heavy atom. The molecule has 33 heavy (non-hydrogen) atoms. The molecule has 1 atom stereocenters. The maximum Gasteiger partial charge on any atom is 0.203 e. The van der Waals surface area contributed by atoms with Crippen molar-refractivity contribution in [2.45, 2.75) is 26.3 Å². The average molecular weight is 449 g/mol. The average Bonchev–Trinajstić information content (AvgIpc) is 2.78. The summed E-state index contributed by atoms with van der Waals surface area (Å²) in [5.41, 5.74) is 6.27. The van der Waals surface area contributed by atoms with E-state index in [9.17, 15) is 13.6 Å². The molecule has 4 aromatic rings. The number of rotatable bonds is 6. The maximum atomic E-state index is 14.5. The summed E-state index contributed by atoms with van der Waals surface area (Å²) in [6, 6.07) is 8.88. The quantitative estimate of drug-likeness (QED) is 0.354. The number of benzene rings is 2. The summed E-state index contributed by atoms with van der Waals surface area (Å²) < 4.78 is 34.5. The summed E-state index contributed by atoms with van der Waals surface area (Å²) in [6.07, 6.45) is 1.66. The molecule has 0 fully saturated rings. The molecule has 0 aliphatic rings. The molecule has 0 aliphatic carbocycles. The van der Waals surface area contributed by atoms with Crippen LogP contribution < -0.4 is 16.5 Å². The lowest BCUT2D eigenvalue weighted by Gasteiger charge is -2.20. The topological polar surface area (TPSA) is 118 Å². The van der Waals surface area contributed by atoms with Gasteiger partial charge in [0.1, 0.15) is 46.3 Å². The van der Waals surface area contributed by atoms with Crippen molar-refractivity contribution in [3.8, 4) is 11.1 Å². The van der Waals surface area contributed by atoms with E-state index in [1.54, 1.807) is 19.9 Å². The Hall–Kier alpha value is -4.14. The van der Waals surface area contributed by atoms with Gasteiger partial charge in [0.25, 0.3) is 0 Å². The van der Waals surface area contributed by atoms with Crippen LogP contribution in [-0.4, -0.2) is 15.7 Å². The van der Waals surface area contributed by atoms with Gasteiger partial charge in [-0.05, 0) is 43.2 Å². The van der Waals surface area contributed by atoms with Gasteiger partial charge in [0.2, 0.25) is 5.43 Å². The number of nitrogens with one attached hydrogen (secondary N) is 2. The number of hydrogen-bond acceptors (Lipinski definition) is 7. The van der Waals surface area contributed by atoms with Crippen molar-refractivity contribution < 1.29 is 13.2 Å². The van der Waals surface area contributed by atoms with Crippen molar-refractivity contribution in [2.24, 2.45) is 0 Å². The monoisotopic (exact) mass is 449 g/mol. The lowest BCUT2D eigenvalue weighted by Crippen LogP contribution is -2.18. The minimum Gasteiger partial charge on any atom is -0.458 e. The predicted octanol–water partition coefficient (Wildman–Crippen LogP) is 5.06. The Labute approximate surface area is 187 Å². The van der Waals surface area contributed by atoms with Crippen LogP contribution in [0.2, 0.25) is 0 Å². The summed E-state index contributed by atoms with van der Waals surface area (Å²) in [7, 11) is 0. The first kappa shape index (κ1) is 22.1. The Kier molecular flexibility index (Phi) is 5.87. The van der Waals surface area contributed by atoms with Crippen LogP contribution in [0, 0.1) is 17.0 Å². The third-order valence-corrected chi connectivity index (χ3v) is 5.29. The van der Waals surface area contributed by atoms with Crippen LogP contribution in [0.1, 0.15) is 37.6 Å². The molecule has 2 heterocycles. The van der Waals surface area contributed by atoms with Gasteiger partial charge in [-0.1, -0.05) is 25.1 Å². The molecule has 0 saturated heterocycles. The molecule has 7 nitrogen and oxygen atoms in total. The molecule has 9 heteroatoms. The smallest absolute Gasteiger partial charge is 0.203 e. The van der Waals surface area contributed by atoms with Gasteiger partial charge >= 0.3 is 0 Å². The summed E-state index contributed by atoms with van der Waals surface area (Å²) in [6.45, 7) is 3.52. The van der Waals surface area contributed by atoms with E-state index in [1.165, 1.54) is 42.7 Å². The summed E-state index contributed by atoms with van der Waals surface area (Å²) >= 11 is 0. The van der Waals surface area contributed by atoms with E-state index in [1.807, 2.05) is 0 Å². The van der Waals surface area contributed by atoms with Gasteiger partial charge in [0.05, 0.1) is 17.2 Å². The van der Waals surface area contributed by atoms with Gasteiger partial charge in [-0.3, -0.25) is 4.79 Å². The van der Waals surface area contributed by atoms with Crippen LogP contribution >= 0.6 is 0 Å². The summed E-state index contributed by atoms with van der Waals surface area (Å²) in [4.78, 5) is 21.5. The van der Waals surface area contributed by atoms with Gasteiger partial charge in [-0.25, -0.2) is 18.7 Å². The third-order valence-electron chi connectivity index (χ3n) is 5.29. The molecule has 0 spiro atoms. The highest BCUT2D eigenvalue weighted by atomic mass is 19.1. The zero-order valence-corrected chi connectivity index (χ0v) is 17.9. The molecular weight excluding hydrogens is 428 g/mol. The van der Waals surface area contributed by atoms with Crippen molar-refractivity contribution in [3.05, 3.63) is 82.0 Å². The van der Waals surface area contributed by atoms with Gasteiger partial charge < -0.3 is 20.9 Å². The highest BCUT2D eigenvalue weighted by molar-refractivity contribution is 6.05. The van der Waals surface area contributed by atoms with Crippen molar-refractivity contribution in [2.75, 3.05) is 11.1 Å². The third kappa shape index (κ3) is 4.05. The minimum absolute atomic E-state index is 0.0289. The zero-order chi connectivity index (χ0) is 23.7. The fraction of sp³-hybridized carbons (Fsp3) is 0.167.